The minimum Gasteiger partial charge on any atom is -0.360 e. The first kappa shape index (κ1) is 33.3. The fraction of sp³-hybridized carbons (Fsp3) is 0.528. The maximum Gasteiger partial charge on any atom is 0.256 e. The van der Waals surface area contributed by atoms with Crippen LogP contribution in [0.3, 0.4) is 0 Å². The van der Waals surface area contributed by atoms with Crippen LogP contribution in [0.5, 0.6) is 0 Å². The number of rotatable bonds is 9. The summed E-state index contributed by atoms with van der Waals surface area (Å²) in [6, 6.07) is 7.15. The molecule has 0 spiro atoms. The van der Waals surface area contributed by atoms with E-state index < -0.39 is 69.6 Å². The van der Waals surface area contributed by atoms with Crippen molar-refractivity contribution in [1.29, 1.82) is 5.41 Å². The summed E-state index contributed by atoms with van der Waals surface area (Å²) in [6.07, 6.45) is 15.4. The van der Waals surface area contributed by atoms with Crippen molar-refractivity contribution in [2.24, 2.45) is 23.2 Å². The van der Waals surface area contributed by atoms with Crippen LogP contribution in [0.25, 0.3) is 0 Å². The molecule has 1 amide bonds. The van der Waals surface area contributed by atoms with Gasteiger partial charge >= 0.3 is 0 Å². The van der Waals surface area contributed by atoms with Gasteiger partial charge in [0, 0.05) is 74.3 Å². The smallest absolute Gasteiger partial charge is 0.256 e. The summed E-state index contributed by atoms with van der Waals surface area (Å²) in [5.41, 5.74) is 2.46. The van der Waals surface area contributed by atoms with Gasteiger partial charge in [-0.2, -0.15) is 0 Å². The van der Waals surface area contributed by atoms with Gasteiger partial charge in [-0.25, -0.2) is 8.78 Å². The Morgan fingerprint density at radius 1 is 1.02 bits per heavy atom. The summed E-state index contributed by atoms with van der Waals surface area (Å²) in [6.45, 7) is 5.19. The zero-order valence-electron chi connectivity index (χ0n) is 26.3. The fourth-order valence-corrected chi connectivity index (χ4v) is 15.5. The molecule has 10 heteroatoms. The van der Waals surface area contributed by atoms with Gasteiger partial charge in [0.05, 0.1) is 11.0 Å². The van der Waals surface area contributed by atoms with E-state index in [1.165, 1.54) is 17.8 Å². The van der Waals surface area contributed by atoms with Crippen LogP contribution in [0.2, 0.25) is 0 Å². The number of halogens is 5. The molecule has 3 atom stereocenters. The molecule has 4 fully saturated rings. The number of amidine groups is 1. The van der Waals surface area contributed by atoms with Crippen molar-refractivity contribution in [3.8, 4) is 0 Å². The summed E-state index contributed by atoms with van der Waals surface area (Å²) < 4.78 is 41.7. The molecular weight excluding hydrogens is 923 g/mol. The highest BCUT2D eigenvalue weighted by Crippen LogP contribution is 2.59. The molecule has 6 aliphatic rings. The van der Waals surface area contributed by atoms with E-state index in [0.29, 0.717) is 24.3 Å². The molecule has 1 N–H and O–H groups in total. The van der Waals surface area contributed by atoms with E-state index in [1.54, 1.807) is 0 Å². The first-order valence-electron chi connectivity index (χ1n) is 16.4. The van der Waals surface area contributed by atoms with E-state index >= 15 is 4.39 Å². The molecule has 46 heavy (non-hydrogen) atoms. The molecule has 0 radical (unpaired) electrons. The molecule has 7 rings (SSSR count). The van der Waals surface area contributed by atoms with Crippen LogP contribution in [0.15, 0.2) is 59.8 Å². The van der Waals surface area contributed by atoms with Crippen molar-refractivity contribution in [1.82, 2.24) is 12.9 Å². The Hall–Kier alpha value is -1.16. The maximum absolute atomic E-state index is 16.3. The van der Waals surface area contributed by atoms with Crippen LogP contribution in [-0.2, 0) is 10.2 Å². The molecule has 2 saturated carbocycles. The molecule has 3 aliphatic heterocycles. The lowest BCUT2D eigenvalue weighted by atomic mass is 9.69. The normalized spacial score (nSPS) is 29.4. The van der Waals surface area contributed by atoms with Crippen LogP contribution in [0.4, 0.5) is 8.78 Å². The number of likely N-dealkylation sites (tertiary alicyclic amines) is 2. The van der Waals surface area contributed by atoms with E-state index in [4.69, 9.17) is 5.41 Å². The number of nitrogens with one attached hydrogen (secondary N) is 1. The van der Waals surface area contributed by atoms with Crippen LogP contribution in [0, 0.1) is 34.4 Å². The average molecular weight is 966 g/mol. The van der Waals surface area contributed by atoms with Gasteiger partial charge in [-0.3, -0.25) is 10.2 Å². The molecule has 2 saturated heterocycles. The number of hydrogen-bond donors (Lipinski definition) is 1. The monoisotopic (exact) mass is 966 g/mol. The van der Waals surface area contributed by atoms with Crippen LogP contribution < -0.4 is 0 Å². The minimum absolute atomic E-state index is 0.0540. The Labute approximate surface area is 302 Å². The molecule has 1 aromatic rings. The second kappa shape index (κ2) is 12.9. The van der Waals surface area contributed by atoms with E-state index in [1.807, 2.05) is 18.2 Å². The number of allylic oxidation sites excluding steroid dienone is 5. The quantitative estimate of drug-likeness (QED) is 0.0899. The zero-order chi connectivity index (χ0) is 32.3. The molecule has 3 heterocycles. The molecule has 248 valence electrons. The molecule has 5 nitrogen and oxygen atoms in total. The second-order valence-electron chi connectivity index (χ2n) is 13.9. The number of amides is 1. The van der Waals surface area contributed by atoms with Crippen molar-refractivity contribution in [3.05, 3.63) is 71.2 Å². The second-order valence-corrected chi connectivity index (χ2v) is 22.6. The highest BCUT2D eigenvalue weighted by Gasteiger charge is 2.54. The minimum atomic E-state index is -1.27. The Morgan fingerprint density at radius 3 is 2.33 bits per heavy atom. The largest absolute Gasteiger partial charge is 0.360 e. The number of piperidine rings is 1. The van der Waals surface area contributed by atoms with E-state index in [-0.39, 0.29) is 29.0 Å². The van der Waals surface area contributed by atoms with E-state index in [9.17, 15) is 9.18 Å². The average Bonchev–Trinajstić information content (AvgIpc) is 4.00. The molecule has 2 unspecified atom stereocenters. The van der Waals surface area contributed by atoms with Crippen LogP contribution in [0.1, 0.15) is 57.4 Å². The topological polar surface area (TPSA) is 50.6 Å². The van der Waals surface area contributed by atoms with Crippen molar-refractivity contribution < 1.29 is 13.6 Å². The van der Waals surface area contributed by atoms with Gasteiger partial charge in [-0.1, -0.05) is 93.9 Å². The van der Waals surface area contributed by atoms with Gasteiger partial charge in [-0.05, 0) is 74.5 Å². The van der Waals surface area contributed by atoms with Gasteiger partial charge in [-0.15, -0.1) is 0 Å². The number of nitrogens with zero attached hydrogens (tertiary/aromatic N) is 3. The first-order valence-corrected chi connectivity index (χ1v) is 23.8. The van der Waals surface area contributed by atoms with Crippen LogP contribution in [-0.4, -0.2) is 71.6 Å². The summed E-state index contributed by atoms with van der Waals surface area (Å²) in [7, 11) is 0. The Bertz CT molecular complexity index is 1550. The van der Waals surface area contributed by atoms with Gasteiger partial charge < -0.3 is 12.9 Å². The van der Waals surface area contributed by atoms with Crippen molar-refractivity contribution in [2.45, 2.75) is 65.0 Å². The number of carbonyl (C=O) groups excluding carboxylic acids is 1. The zero-order valence-corrected chi connectivity index (χ0v) is 32.8. The lowest BCUT2D eigenvalue weighted by Gasteiger charge is -2.44. The highest BCUT2D eigenvalue weighted by molar-refractivity contribution is 14.3. The maximum atomic E-state index is 16.3. The van der Waals surface area contributed by atoms with Crippen molar-refractivity contribution in [3.63, 3.8) is 0 Å². The third kappa shape index (κ3) is 5.79. The summed E-state index contributed by atoms with van der Waals surface area (Å²) >= 11 is -2.15. The Balaban J connectivity index is 1.02. The van der Waals surface area contributed by atoms with E-state index in [0.717, 1.165) is 75.7 Å². The standard InChI is InChI=1S/C36H43F2I3N4O/c1-34(36(38,39-2)40-3)16-5-4-6-30(34)25-13-19-44(23-25)32(46)29-22-41-45(31(29)24-7-8-24)28-14-20-43(21-15-28)33(42)35(17-18-35)26-9-11-27(37)12-10-26/h4-6,9-12,16,22,24-25,28,30,42H,2-3,7-8,13-15,17-21,23H2,1H3/t25-,30?,34?/m1/s1. The molecule has 0 aromatic heterocycles. The van der Waals surface area contributed by atoms with Gasteiger partial charge in [0.2, 0.25) is 1.68 Å². The highest BCUT2D eigenvalue weighted by atomic mass is 127. The molecular formula is C36H43F2I3N4O. The third-order valence-electron chi connectivity index (χ3n) is 11.2. The van der Waals surface area contributed by atoms with Gasteiger partial charge in [0.1, 0.15) is 11.7 Å². The predicted octanol–water partition coefficient (Wildman–Crippen LogP) is 7.99. The van der Waals surface area contributed by atoms with Crippen molar-refractivity contribution >= 4 is 87.2 Å². The Morgan fingerprint density at radius 2 is 1.70 bits per heavy atom. The number of benzene rings is 1. The predicted molar refractivity (Wildman–Crippen MR) is 212 cm³/mol. The lowest BCUT2D eigenvalue weighted by Crippen LogP contribution is -2.47. The first-order chi connectivity index (χ1) is 22.1. The van der Waals surface area contributed by atoms with Crippen LogP contribution >= 0.6 is 62.5 Å². The number of hydrogen-bond acceptors (Lipinski definition) is 3. The molecule has 0 bridgehead atoms. The SMILES string of the molecule is C=IC(F)(I=C)C1(C)C=CC=CC1[C@@H]1CCN(C(=O)C2=C(C3CC3)N(C3CCN(C(=N)C4(c5ccc(F)cc5)CC4)CC3)I=C2)C1. The fourth-order valence-electron chi connectivity index (χ4n) is 8.12. The van der Waals surface area contributed by atoms with Gasteiger partial charge in [0.25, 0.3) is 5.91 Å². The van der Waals surface area contributed by atoms with E-state index in [2.05, 4.69) is 51.1 Å². The van der Waals surface area contributed by atoms with Crippen molar-refractivity contribution in [2.75, 3.05) is 26.2 Å². The molecule has 3 aliphatic carbocycles. The summed E-state index contributed by atoms with van der Waals surface area (Å²) in [5, 5.41) is 9.12. The number of alkyl halides is 3. The number of carbonyl (C=O) groups is 1. The lowest BCUT2D eigenvalue weighted by molar-refractivity contribution is -0.125. The third-order valence-corrected chi connectivity index (χ3v) is 22.1. The summed E-state index contributed by atoms with van der Waals surface area (Å²) in [5.74, 6) is 1.42. The Kier molecular flexibility index (Phi) is 9.38. The van der Waals surface area contributed by atoms with Gasteiger partial charge in [0.15, 0.2) is 0 Å². The molecule has 1 aromatic carbocycles. The summed E-state index contributed by atoms with van der Waals surface area (Å²) in [4.78, 5) is 18.5.